The average molecular weight is 510 g/mol. The van der Waals surface area contributed by atoms with E-state index in [0.29, 0.717) is 24.5 Å². The van der Waals surface area contributed by atoms with Crippen LogP contribution < -0.4 is 4.74 Å². The van der Waals surface area contributed by atoms with Gasteiger partial charge >= 0.3 is 5.97 Å². The summed E-state index contributed by atoms with van der Waals surface area (Å²) in [4.78, 5) is 10.9. The monoisotopic (exact) mass is 509 g/mol. The molecule has 4 nitrogen and oxygen atoms in total. The van der Waals surface area contributed by atoms with Crippen molar-refractivity contribution < 1.29 is 14.6 Å². The standard InChI is InChI=1S/C34H39NO3/c1-34(2,3)31-22-19-29(20-23-31)25-38-32-10-6-5-9-30(32)21-18-26(8-4-7-11-33(36)37)12-13-27-14-16-28(24-35)17-15-27/h5-6,9-10,14-23,26H,4,7-8,11-13,25H2,1-3H3,(H,36,37). The van der Waals surface area contributed by atoms with Crippen LogP contribution in [0.25, 0.3) is 6.08 Å². The lowest BCUT2D eigenvalue weighted by molar-refractivity contribution is -0.137. The number of hydrogen-bond acceptors (Lipinski definition) is 3. The van der Waals surface area contributed by atoms with Gasteiger partial charge in [0.1, 0.15) is 12.4 Å². The van der Waals surface area contributed by atoms with Gasteiger partial charge < -0.3 is 9.84 Å². The number of benzene rings is 3. The molecule has 0 aliphatic carbocycles. The maximum atomic E-state index is 10.9. The number of carboxylic acid groups (broad SMARTS) is 1. The van der Waals surface area contributed by atoms with E-state index < -0.39 is 5.97 Å². The molecule has 0 radical (unpaired) electrons. The highest BCUT2D eigenvalue weighted by Gasteiger charge is 2.13. The van der Waals surface area contributed by atoms with Crippen LogP contribution in [0, 0.1) is 17.2 Å². The molecule has 3 aromatic carbocycles. The van der Waals surface area contributed by atoms with Crippen molar-refractivity contribution in [2.24, 2.45) is 5.92 Å². The van der Waals surface area contributed by atoms with Crippen molar-refractivity contribution in [1.82, 2.24) is 0 Å². The molecule has 0 heterocycles. The van der Waals surface area contributed by atoms with Crippen molar-refractivity contribution in [2.45, 2.75) is 71.3 Å². The van der Waals surface area contributed by atoms with Gasteiger partial charge in [0.05, 0.1) is 11.6 Å². The van der Waals surface area contributed by atoms with Gasteiger partial charge in [0.15, 0.2) is 0 Å². The Kier molecular flexibility index (Phi) is 10.7. The Morgan fingerprint density at radius 2 is 1.63 bits per heavy atom. The van der Waals surface area contributed by atoms with Gasteiger partial charge in [0.25, 0.3) is 0 Å². The Bertz CT molecular complexity index is 1230. The van der Waals surface area contributed by atoms with E-state index in [2.05, 4.69) is 69.3 Å². The number of carboxylic acids is 1. The van der Waals surface area contributed by atoms with Crippen molar-refractivity contribution in [1.29, 1.82) is 5.26 Å². The second kappa shape index (κ2) is 14.2. The molecule has 3 rings (SSSR count). The van der Waals surface area contributed by atoms with E-state index >= 15 is 0 Å². The highest BCUT2D eigenvalue weighted by molar-refractivity contribution is 5.66. The molecule has 198 valence electrons. The van der Waals surface area contributed by atoms with Crippen molar-refractivity contribution in [3.63, 3.8) is 0 Å². The summed E-state index contributed by atoms with van der Waals surface area (Å²) in [5.41, 5.74) is 5.47. The quantitative estimate of drug-likeness (QED) is 0.235. The molecule has 0 bridgehead atoms. The van der Waals surface area contributed by atoms with Crippen LogP contribution in [0.1, 0.15) is 80.7 Å². The second-order valence-electron chi connectivity index (χ2n) is 10.9. The van der Waals surface area contributed by atoms with Crippen molar-refractivity contribution in [2.75, 3.05) is 0 Å². The third kappa shape index (κ3) is 9.56. The molecule has 0 saturated carbocycles. The number of nitriles is 1. The van der Waals surface area contributed by atoms with Gasteiger partial charge in [0.2, 0.25) is 0 Å². The van der Waals surface area contributed by atoms with Crippen molar-refractivity contribution >= 4 is 12.0 Å². The number of hydrogen-bond donors (Lipinski definition) is 1. The summed E-state index contributed by atoms with van der Waals surface area (Å²) in [6.07, 6.45) is 8.94. The molecule has 0 aromatic heterocycles. The fraction of sp³-hybridized carbons (Fsp3) is 0.353. The fourth-order valence-corrected chi connectivity index (χ4v) is 4.37. The summed E-state index contributed by atoms with van der Waals surface area (Å²) < 4.78 is 6.21. The summed E-state index contributed by atoms with van der Waals surface area (Å²) in [5, 5.41) is 18.0. The first-order valence-corrected chi connectivity index (χ1v) is 13.4. The molecule has 0 aliphatic heterocycles. The Hall–Kier alpha value is -3.84. The van der Waals surface area contributed by atoms with Crippen LogP contribution in [0.15, 0.2) is 78.9 Å². The number of ether oxygens (including phenoxy) is 1. The van der Waals surface area contributed by atoms with Gasteiger partial charge in [-0.05, 0) is 71.9 Å². The topological polar surface area (TPSA) is 70.3 Å². The van der Waals surface area contributed by atoms with Crippen LogP contribution in [-0.2, 0) is 23.2 Å². The molecule has 3 aromatic rings. The minimum absolute atomic E-state index is 0.126. The number of unbranched alkanes of at least 4 members (excludes halogenated alkanes) is 1. The first-order chi connectivity index (χ1) is 18.2. The average Bonchev–Trinajstić information content (AvgIpc) is 2.91. The Morgan fingerprint density at radius 1 is 0.947 bits per heavy atom. The van der Waals surface area contributed by atoms with Gasteiger partial charge in [-0.25, -0.2) is 0 Å². The van der Waals surface area contributed by atoms with Crippen molar-refractivity contribution in [3.05, 3.63) is 107 Å². The summed E-state index contributed by atoms with van der Waals surface area (Å²) in [7, 11) is 0. The molecule has 1 unspecified atom stereocenters. The zero-order valence-electron chi connectivity index (χ0n) is 22.8. The van der Waals surface area contributed by atoms with E-state index in [-0.39, 0.29) is 11.8 Å². The number of rotatable bonds is 13. The molecule has 38 heavy (non-hydrogen) atoms. The Labute approximate surface area is 227 Å². The smallest absolute Gasteiger partial charge is 0.303 e. The van der Waals surface area contributed by atoms with Crippen LogP contribution >= 0.6 is 0 Å². The SMILES string of the molecule is CC(C)(C)c1ccc(COc2ccccc2C=CC(CCCCC(=O)O)CCc2ccc(C#N)cc2)cc1. The van der Waals surface area contributed by atoms with Crippen LogP contribution in [0.2, 0.25) is 0 Å². The van der Waals surface area contributed by atoms with E-state index in [0.717, 1.165) is 42.6 Å². The minimum atomic E-state index is -0.742. The molecule has 0 fully saturated rings. The maximum Gasteiger partial charge on any atom is 0.303 e. The van der Waals surface area contributed by atoms with Crippen LogP contribution in [0.4, 0.5) is 0 Å². The summed E-state index contributed by atoms with van der Waals surface area (Å²) in [6, 6.07) is 26.6. The first kappa shape index (κ1) is 28.7. The van der Waals surface area contributed by atoms with Gasteiger partial charge in [-0.1, -0.05) is 93.9 Å². The largest absolute Gasteiger partial charge is 0.488 e. The Balaban J connectivity index is 1.66. The third-order valence-corrected chi connectivity index (χ3v) is 6.78. The maximum absolute atomic E-state index is 10.9. The van der Waals surface area contributed by atoms with Gasteiger partial charge in [-0.15, -0.1) is 0 Å². The number of para-hydroxylation sites is 1. The lowest BCUT2D eigenvalue weighted by atomic mass is 9.87. The zero-order valence-corrected chi connectivity index (χ0v) is 22.8. The van der Waals surface area contributed by atoms with Gasteiger partial charge in [-0.3, -0.25) is 4.79 Å². The molecule has 1 atom stereocenters. The number of aliphatic carboxylic acids is 1. The number of aryl methyl sites for hydroxylation is 1. The zero-order chi connectivity index (χ0) is 27.4. The molecule has 4 heteroatoms. The van der Waals surface area contributed by atoms with E-state index in [1.165, 1.54) is 11.1 Å². The fourth-order valence-electron chi connectivity index (χ4n) is 4.37. The molecular formula is C34H39NO3. The highest BCUT2D eigenvalue weighted by atomic mass is 16.5. The molecule has 1 N–H and O–H groups in total. The van der Waals surface area contributed by atoms with E-state index in [4.69, 9.17) is 15.1 Å². The molecule has 0 spiro atoms. The minimum Gasteiger partial charge on any atom is -0.488 e. The van der Waals surface area contributed by atoms with E-state index in [9.17, 15) is 4.79 Å². The predicted octanol–water partition coefficient (Wildman–Crippen LogP) is 8.34. The summed E-state index contributed by atoms with van der Waals surface area (Å²) in [6.45, 7) is 7.15. The normalized spacial score (nSPS) is 12.3. The number of carbonyl (C=O) groups is 1. The van der Waals surface area contributed by atoms with Gasteiger partial charge in [0, 0.05) is 12.0 Å². The van der Waals surface area contributed by atoms with Crippen LogP contribution in [-0.4, -0.2) is 11.1 Å². The lowest BCUT2D eigenvalue weighted by Gasteiger charge is -2.19. The molecule has 0 aliphatic rings. The van der Waals surface area contributed by atoms with Gasteiger partial charge in [-0.2, -0.15) is 5.26 Å². The summed E-state index contributed by atoms with van der Waals surface area (Å²) in [5.74, 6) is 0.423. The number of nitrogens with zero attached hydrogens (tertiary/aromatic N) is 1. The lowest BCUT2D eigenvalue weighted by Crippen LogP contribution is -2.10. The molecule has 0 amide bonds. The molecular weight excluding hydrogens is 470 g/mol. The second-order valence-corrected chi connectivity index (χ2v) is 10.9. The summed E-state index contributed by atoms with van der Waals surface area (Å²) >= 11 is 0. The molecule has 0 saturated heterocycles. The van der Waals surface area contributed by atoms with Crippen molar-refractivity contribution in [3.8, 4) is 11.8 Å². The third-order valence-electron chi connectivity index (χ3n) is 6.78. The first-order valence-electron chi connectivity index (χ1n) is 13.4. The van der Waals surface area contributed by atoms with E-state index in [1.54, 1.807) is 0 Å². The highest BCUT2D eigenvalue weighted by Crippen LogP contribution is 2.26. The van der Waals surface area contributed by atoms with Crippen LogP contribution in [0.5, 0.6) is 5.75 Å². The predicted molar refractivity (Wildman–Crippen MR) is 154 cm³/mol. The number of allylic oxidation sites excluding steroid dienone is 1. The van der Waals surface area contributed by atoms with Crippen LogP contribution in [0.3, 0.4) is 0 Å². The van der Waals surface area contributed by atoms with E-state index in [1.807, 2.05) is 42.5 Å². The Morgan fingerprint density at radius 3 is 2.29 bits per heavy atom.